The van der Waals surface area contributed by atoms with Gasteiger partial charge in [0.05, 0.1) is 30.5 Å². The number of halogens is 1. The first-order valence-corrected chi connectivity index (χ1v) is 10.9. The smallest absolute Gasteiger partial charge is 0.223 e. The van der Waals surface area contributed by atoms with Crippen LogP contribution >= 0.6 is 11.6 Å². The lowest BCUT2D eigenvalue weighted by Gasteiger charge is -2.32. The van der Waals surface area contributed by atoms with E-state index in [1.807, 2.05) is 47.4 Å². The lowest BCUT2D eigenvalue weighted by atomic mass is 10.1. The molecule has 1 aliphatic heterocycles. The summed E-state index contributed by atoms with van der Waals surface area (Å²) in [6.07, 6.45) is 1.70. The minimum Gasteiger partial charge on any atom is -0.492 e. The molecule has 0 radical (unpaired) electrons. The van der Waals surface area contributed by atoms with Crippen molar-refractivity contribution < 1.29 is 14.3 Å². The van der Waals surface area contributed by atoms with Gasteiger partial charge in [0.2, 0.25) is 5.91 Å². The van der Waals surface area contributed by atoms with E-state index < -0.39 is 0 Å². The summed E-state index contributed by atoms with van der Waals surface area (Å²) in [6, 6.07) is 19.5. The zero-order chi connectivity index (χ0) is 21.5. The fourth-order valence-electron chi connectivity index (χ4n) is 3.61. The van der Waals surface area contributed by atoms with Crippen molar-refractivity contribution in [3.63, 3.8) is 0 Å². The zero-order valence-corrected chi connectivity index (χ0v) is 18.1. The van der Waals surface area contributed by atoms with Crippen molar-refractivity contribution in [3.8, 4) is 5.75 Å². The molecular weight excluding hydrogens is 414 g/mol. The SMILES string of the molecule is O=C(CCc1ccccc1)N1CCOC(c2cc(CCOc3ccccc3Cl)[nH]n2)C1. The predicted octanol–water partition coefficient (Wildman–Crippen LogP) is 4.22. The van der Waals surface area contributed by atoms with Crippen LogP contribution in [0.3, 0.4) is 0 Å². The minimum atomic E-state index is -0.219. The molecule has 1 saturated heterocycles. The van der Waals surface area contributed by atoms with Gasteiger partial charge in [0, 0.05) is 25.1 Å². The second-order valence-electron chi connectivity index (χ2n) is 7.53. The number of aromatic amines is 1. The largest absolute Gasteiger partial charge is 0.492 e. The molecule has 162 valence electrons. The molecule has 0 spiro atoms. The van der Waals surface area contributed by atoms with Crippen LogP contribution < -0.4 is 4.74 Å². The molecule has 1 fully saturated rings. The van der Waals surface area contributed by atoms with Crippen LogP contribution in [0.1, 0.15) is 29.5 Å². The topological polar surface area (TPSA) is 67.5 Å². The minimum absolute atomic E-state index is 0.154. The Hall–Kier alpha value is -2.83. The second-order valence-corrected chi connectivity index (χ2v) is 7.94. The summed E-state index contributed by atoms with van der Waals surface area (Å²) < 4.78 is 11.6. The first-order valence-electron chi connectivity index (χ1n) is 10.5. The third-order valence-corrected chi connectivity index (χ3v) is 5.65. The number of benzene rings is 2. The zero-order valence-electron chi connectivity index (χ0n) is 17.3. The Kier molecular flexibility index (Phi) is 7.22. The Morgan fingerprint density at radius 3 is 2.81 bits per heavy atom. The predicted molar refractivity (Wildman–Crippen MR) is 119 cm³/mol. The molecule has 1 atom stereocenters. The number of ether oxygens (including phenoxy) is 2. The van der Waals surface area contributed by atoms with E-state index in [0.717, 1.165) is 17.8 Å². The second kappa shape index (κ2) is 10.5. The van der Waals surface area contributed by atoms with Crippen LogP contribution in [0.2, 0.25) is 5.02 Å². The van der Waals surface area contributed by atoms with Crippen molar-refractivity contribution in [1.82, 2.24) is 15.1 Å². The van der Waals surface area contributed by atoms with E-state index in [9.17, 15) is 4.79 Å². The van der Waals surface area contributed by atoms with Gasteiger partial charge in [-0.2, -0.15) is 5.10 Å². The molecule has 31 heavy (non-hydrogen) atoms. The average molecular weight is 440 g/mol. The number of hydrogen-bond acceptors (Lipinski definition) is 4. The number of rotatable bonds is 8. The summed E-state index contributed by atoms with van der Waals surface area (Å²) in [7, 11) is 0. The molecule has 0 bridgehead atoms. The Morgan fingerprint density at radius 2 is 1.97 bits per heavy atom. The number of aromatic nitrogens is 2. The maximum absolute atomic E-state index is 12.7. The molecule has 1 aromatic heterocycles. The van der Waals surface area contributed by atoms with Crippen LogP contribution in [0.5, 0.6) is 5.75 Å². The number of H-pyrrole nitrogens is 1. The van der Waals surface area contributed by atoms with Gasteiger partial charge < -0.3 is 14.4 Å². The molecule has 7 heteroatoms. The fourth-order valence-corrected chi connectivity index (χ4v) is 3.80. The summed E-state index contributed by atoms with van der Waals surface area (Å²) in [4.78, 5) is 14.6. The summed E-state index contributed by atoms with van der Waals surface area (Å²) >= 11 is 6.11. The Bertz CT molecular complexity index is 992. The molecular formula is C24H26ClN3O3. The number of nitrogens with one attached hydrogen (secondary N) is 1. The highest BCUT2D eigenvalue weighted by molar-refractivity contribution is 6.32. The van der Waals surface area contributed by atoms with Gasteiger partial charge in [0.25, 0.3) is 0 Å². The monoisotopic (exact) mass is 439 g/mol. The van der Waals surface area contributed by atoms with Gasteiger partial charge in [-0.1, -0.05) is 54.1 Å². The Morgan fingerprint density at radius 1 is 1.16 bits per heavy atom. The Labute approximate surface area is 187 Å². The lowest BCUT2D eigenvalue weighted by Crippen LogP contribution is -2.42. The average Bonchev–Trinajstić information content (AvgIpc) is 3.28. The number of carbonyl (C=O) groups is 1. The van der Waals surface area contributed by atoms with Crippen molar-refractivity contribution in [1.29, 1.82) is 0 Å². The molecule has 0 saturated carbocycles. The first-order chi connectivity index (χ1) is 15.2. The van der Waals surface area contributed by atoms with Gasteiger partial charge in [-0.3, -0.25) is 9.89 Å². The normalized spacial score (nSPS) is 16.3. The number of amides is 1. The molecule has 3 aromatic rings. The Balaban J connectivity index is 1.27. The van der Waals surface area contributed by atoms with Gasteiger partial charge in [-0.15, -0.1) is 0 Å². The molecule has 1 N–H and O–H groups in total. The highest BCUT2D eigenvalue weighted by Crippen LogP contribution is 2.24. The molecule has 2 heterocycles. The van der Waals surface area contributed by atoms with E-state index in [-0.39, 0.29) is 12.0 Å². The van der Waals surface area contributed by atoms with Crippen LogP contribution in [-0.4, -0.2) is 47.3 Å². The van der Waals surface area contributed by atoms with Crippen molar-refractivity contribution in [3.05, 3.63) is 82.6 Å². The summed E-state index contributed by atoms with van der Waals surface area (Å²) in [5.74, 6) is 0.824. The van der Waals surface area contributed by atoms with Gasteiger partial charge >= 0.3 is 0 Å². The van der Waals surface area contributed by atoms with Crippen LogP contribution in [-0.2, 0) is 22.4 Å². The highest BCUT2D eigenvalue weighted by Gasteiger charge is 2.26. The van der Waals surface area contributed by atoms with E-state index in [1.54, 1.807) is 6.07 Å². The van der Waals surface area contributed by atoms with Crippen LogP contribution in [0, 0.1) is 0 Å². The van der Waals surface area contributed by atoms with Crippen LogP contribution in [0.25, 0.3) is 0 Å². The van der Waals surface area contributed by atoms with E-state index in [1.165, 1.54) is 5.56 Å². The third-order valence-electron chi connectivity index (χ3n) is 5.34. The van der Waals surface area contributed by atoms with Crippen LogP contribution in [0.4, 0.5) is 0 Å². The number of nitrogens with zero attached hydrogens (tertiary/aromatic N) is 2. The number of morpholine rings is 1. The summed E-state index contributed by atoms with van der Waals surface area (Å²) in [6.45, 7) is 2.14. The molecule has 4 rings (SSSR count). The highest BCUT2D eigenvalue weighted by atomic mass is 35.5. The summed E-state index contributed by atoms with van der Waals surface area (Å²) in [5.41, 5.74) is 2.95. The van der Waals surface area contributed by atoms with Gasteiger partial charge in [-0.25, -0.2) is 0 Å². The standard InChI is InChI=1S/C24H26ClN3O3/c25-20-8-4-5-9-22(20)30-14-12-19-16-21(27-26-19)23-17-28(13-15-31-23)24(29)11-10-18-6-2-1-3-7-18/h1-9,16,23H,10-15,17H2,(H,26,27). The maximum Gasteiger partial charge on any atom is 0.223 e. The molecule has 6 nitrogen and oxygen atoms in total. The molecule has 1 aliphatic rings. The number of para-hydroxylation sites is 1. The van der Waals surface area contributed by atoms with E-state index in [2.05, 4.69) is 22.3 Å². The van der Waals surface area contributed by atoms with Gasteiger partial charge in [0.15, 0.2) is 0 Å². The summed E-state index contributed by atoms with van der Waals surface area (Å²) in [5, 5.41) is 8.05. The molecule has 1 unspecified atom stereocenters. The van der Waals surface area contributed by atoms with E-state index in [0.29, 0.717) is 49.9 Å². The van der Waals surface area contributed by atoms with Crippen molar-refractivity contribution in [2.24, 2.45) is 0 Å². The lowest BCUT2D eigenvalue weighted by molar-refractivity contribution is -0.139. The number of hydrogen-bond donors (Lipinski definition) is 1. The van der Waals surface area contributed by atoms with Crippen molar-refractivity contribution in [2.75, 3.05) is 26.3 Å². The maximum atomic E-state index is 12.7. The van der Waals surface area contributed by atoms with Gasteiger partial charge in [0.1, 0.15) is 11.9 Å². The van der Waals surface area contributed by atoms with Crippen molar-refractivity contribution >= 4 is 17.5 Å². The number of aryl methyl sites for hydroxylation is 1. The molecule has 2 aromatic carbocycles. The molecule has 1 amide bonds. The van der Waals surface area contributed by atoms with Crippen LogP contribution in [0.15, 0.2) is 60.7 Å². The number of carbonyl (C=O) groups excluding carboxylic acids is 1. The van der Waals surface area contributed by atoms with E-state index >= 15 is 0 Å². The first kappa shape index (κ1) is 21.4. The quantitative estimate of drug-likeness (QED) is 0.570. The third kappa shape index (κ3) is 5.87. The molecule has 0 aliphatic carbocycles. The van der Waals surface area contributed by atoms with Crippen molar-refractivity contribution in [2.45, 2.75) is 25.4 Å². The van der Waals surface area contributed by atoms with Gasteiger partial charge in [-0.05, 0) is 30.2 Å². The van der Waals surface area contributed by atoms with E-state index in [4.69, 9.17) is 21.1 Å². The fraction of sp³-hybridized carbons (Fsp3) is 0.333.